The summed E-state index contributed by atoms with van der Waals surface area (Å²) in [6.45, 7) is 6.41. The fourth-order valence-corrected chi connectivity index (χ4v) is 3.99. The summed E-state index contributed by atoms with van der Waals surface area (Å²) in [5.41, 5.74) is 1.05. The van der Waals surface area contributed by atoms with Gasteiger partial charge in [0.2, 0.25) is 5.91 Å². The number of carbonyl (C=O) groups excluding carboxylic acids is 1. The summed E-state index contributed by atoms with van der Waals surface area (Å²) in [7, 11) is 1.81. The largest absolute Gasteiger partial charge is 0.493 e. The Hall–Kier alpha value is -2.54. The minimum atomic E-state index is -0.383. The number of hydrogen-bond donors (Lipinski definition) is 1. The van der Waals surface area contributed by atoms with Gasteiger partial charge in [0, 0.05) is 30.7 Å². The number of nitrogens with one attached hydrogen (secondary N) is 1. The first kappa shape index (κ1) is 20.2. The average molecular weight is 400 g/mol. The number of ether oxygens (including phenoxy) is 1. The first-order valence-corrected chi connectivity index (χ1v) is 10.4. The second-order valence-corrected chi connectivity index (χ2v) is 7.65. The molecule has 2 heterocycles. The second kappa shape index (κ2) is 9.10. The van der Waals surface area contributed by atoms with Crippen LogP contribution in [0.4, 0.5) is 5.82 Å². The van der Waals surface area contributed by atoms with Gasteiger partial charge >= 0.3 is 0 Å². The van der Waals surface area contributed by atoms with E-state index in [9.17, 15) is 9.59 Å². The molecule has 148 valence electrons. The fraction of sp³-hybridized carbons (Fsp3) is 0.381. The van der Waals surface area contributed by atoms with Gasteiger partial charge in [-0.1, -0.05) is 49.4 Å². The van der Waals surface area contributed by atoms with Gasteiger partial charge in [-0.2, -0.15) is 4.98 Å². The molecule has 2 aromatic rings. The maximum absolute atomic E-state index is 12.9. The van der Waals surface area contributed by atoms with E-state index in [1.807, 2.05) is 31.3 Å². The number of rotatable bonds is 8. The highest BCUT2D eigenvalue weighted by Crippen LogP contribution is 2.39. The Labute approximate surface area is 169 Å². The molecule has 1 amide bonds. The molecule has 1 atom stereocenters. The van der Waals surface area contributed by atoms with Crippen LogP contribution in [0, 0.1) is 0 Å². The number of nitrogens with zero attached hydrogens (tertiary/aromatic N) is 2. The van der Waals surface area contributed by atoms with Crippen LogP contribution < -0.4 is 15.6 Å². The standard InChI is InChI=1S/C21H25N3O3S/c1-4-6-11-27-16-10-8-7-9-14(16)15-13-17(25)22-19-18(15)20(26)23-21(24(19)3)28-12-5-2/h5,7-10,15H,2,4,6,11-13H2,1,3H3,(H,22,25)/t15-/m0/s1. The van der Waals surface area contributed by atoms with Crippen LogP contribution >= 0.6 is 11.8 Å². The van der Waals surface area contributed by atoms with Crippen molar-refractivity contribution in [3.8, 4) is 5.75 Å². The monoisotopic (exact) mass is 399 g/mol. The van der Waals surface area contributed by atoms with E-state index in [1.165, 1.54) is 11.8 Å². The molecular formula is C21H25N3O3S. The number of fused-ring (bicyclic) bond motifs is 1. The van der Waals surface area contributed by atoms with E-state index in [2.05, 4.69) is 23.8 Å². The minimum Gasteiger partial charge on any atom is -0.493 e. The number of hydrogen-bond acceptors (Lipinski definition) is 5. The molecule has 6 nitrogen and oxygen atoms in total. The van der Waals surface area contributed by atoms with E-state index in [0.717, 1.165) is 18.4 Å². The van der Waals surface area contributed by atoms with Crippen LogP contribution in [0.15, 0.2) is 46.9 Å². The lowest BCUT2D eigenvalue weighted by molar-refractivity contribution is -0.116. The highest BCUT2D eigenvalue weighted by atomic mass is 32.2. The zero-order chi connectivity index (χ0) is 20.1. The van der Waals surface area contributed by atoms with Crippen LogP contribution in [0.1, 0.15) is 43.2 Å². The Morgan fingerprint density at radius 1 is 1.39 bits per heavy atom. The lowest BCUT2D eigenvalue weighted by atomic mass is 9.86. The third-order valence-electron chi connectivity index (χ3n) is 4.68. The summed E-state index contributed by atoms with van der Waals surface area (Å²) in [5.74, 6) is 1.35. The smallest absolute Gasteiger partial charge is 0.279 e. The van der Waals surface area contributed by atoms with Gasteiger partial charge in [-0.05, 0) is 12.5 Å². The summed E-state index contributed by atoms with van der Waals surface area (Å²) in [4.78, 5) is 29.6. The molecule has 0 saturated carbocycles. The SMILES string of the molecule is C=CCSc1nc(=O)c2c(n1C)NC(=O)C[C@H]2c1ccccc1OCCCC. The Morgan fingerprint density at radius 3 is 2.93 bits per heavy atom. The van der Waals surface area contributed by atoms with Gasteiger partial charge in [0.1, 0.15) is 11.6 Å². The molecule has 1 aliphatic rings. The molecule has 1 aromatic heterocycles. The molecule has 0 saturated heterocycles. The highest BCUT2D eigenvalue weighted by Gasteiger charge is 2.33. The second-order valence-electron chi connectivity index (χ2n) is 6.67. The van der Waals surface area contributed by atoms with Gasteiger partial charge in [0.25, 0.3) is 5.56 Å². The number of carbonyl (C=O) groups is 1. The van der Waals surface area contributed by atoms with Crippen molar-refractivity contribution in [2.45, 2.75) is 37.3 Å². The quantitative estimate of drug-likeness (QED) is 0.317. The highest BCUT2D eigenvalue weighted by molar-refractivity contribution is 7.99. The molecular weight excluding hydrogens is 374 g/mol. The van der Waals surface area contributed by atoms with E-state index >= 15 is 0 Å². The summed E-state index contributed by atoms with van der Waals surface area (Å²) in [6.07, 6.45) is 3.93. The van der Waals surface area contributed by atoms with Gasteiger partial charge < -0.3 is 14.6 Å². The van der Waals surface area contributed by atoms with Crippen LogP contribution in [0.3, 0.4) is 0 Å². The van der Waals surface area contributed by atoms with Crippen molar-refractivity contribution in [2.24, 2.45) is 7.05 Å². The van der Waals surface area contributed by atoms with Crippen molar-refractivity contribution in [3.05, 3.63) is 58.4 Å². The molecule has 0 bridgehead atoms. The Kier molecular flexibility index (Phi) is 6.57. The number of aromatic nitrogens is 2. The summed E-state index contributed by atoms with van der Waals surface area (Å²) in [5, 5.41) is 3.41. The molecule has 1 aliphatic heterocycles. The number of para-hydroxylation sites is 1. The van der Waals surface area contributed by atoms with Crippen LogP contribution in [0.5, 0.6) is 5.75 Å². The summed E-state index contributed by atoms with van der Waals surface area (Å²) in [6, 6.07) is 7.62. The molecule has 1 N–H and O–H groups in total. The van der Waals surface area contributed by atoms with Gasteiger partial charge in [-0.25, -0.2) is 0 Å². The maximum atomic E-state index is 12.9. The lowest BCUT2D eigenvalue weighted by Gasteiger charge is -2.28. The third-order valence-corrected chi connectivity index (χ3v) is 5.71. The molecule has 28 heavy (non-hydrogen) atoms. The Balaban J connectivity index is 2.07. The third kappa shape index (κ3) is 4.14. The number of thioether (sulfide) groups is 1. The van der Waals surface area contributed by atoms with E-state index < -0.39 is 0 Å². The van der Waals surface area contributed by atoms with E-state index in [4.69, 9.17) is 4.74 Å². The van der Waals surface area contributed by atoms with Crippen molar-refractivity contribution in [2.75, 3.05) is 17.7 Å². The molecule has 3 rings (SSSR count). The normalized spacial score (nSPS) is 15.6. The average Bonchev–Trinajstić information content (AvgIpc) is 2.69. The first-order valence-electron chi connectivity index (χ1n) is 9.43. The van der Waals surface area contributed by atoms with Gasteiger partial charge in [0.15, 0.2) is 5.16 Å². The first-order chi connectivity index (χ1) is 13.6. The van der Waals surface area contributed by atoms with Gasteiger partial charge in [0.05, 0.1) is 12.2 Å². The maximum Gasteiger partial charge on any atom is 0.279 e. The minimum absolute atomic E-state index is 0.123. The Bertz CT molecular complexity index is 939. The van der Waals surface area contributed by atoms with Crippen molar-refractivity contribution >= 4 is 23.5 Å². The zero-order valence-corrected chi connectivity index (χ0v) is 17.1. The van der Waals surface area contributed by atoms with Gasteiger partial charge in [-0.15, -0.1) is 6.58 Å². The molecule has 0 unspecified atom stereocenters. The summed E-state index contributed by atoms with van der Waals surface area (Å²) < 4.78 is 7.73. The van der Waals surface area contributed by atoms with Gasteiger partial charge in [-0.3, -0.25) is 9.59 Å². The number of benzene rings is 1. The van der Waals surface area contributed by atoms with Crippen LogP contribution in [0.25, 0.3) is 0 Å². The van der Waals surface area contributed by atoms with Crippen molar-refractivity contribution in [3.63, 3.8) is 0 Å². The fourth-order valence-electron chi connectivity index (χ4n) is 3.29. The predicted molar refractivity (Wildman–Crippen MR) is 112 cm³/mol. The van der Waals surface area contributed by atoms with Crippen LogP contribution in [0.2, 0.25) is 0 Å². The number of anilines is 1. The zero-order valence-electron chi connectivity index (χ0n) is 16.2. The van der Waals surface area contributed by atoms with Crippen LogP contribution in [-0.2, 0) is 11.8 Å². The predicted octanol–water partition coefficient (Wildman–Crippen LogP) is 3.71. The van der Waals surface area contributed by atoms with Crippen molar-refractivity contribution in [1.29, 1.82) is 0 Å². The van der Waals surface area contributed by atoms with E-state index in [1.54, 1.807) is 10.6 Å². The van der Waals surface area contributed by atoms with E-state index in [-0.39, 0.29) is 23.8 Å². The Morgan fingerprint density at radius 2 is 2.18 bits per heavy atom. The number of unbranched alkanes of at least 4 members (excludes halogenated alkanes) is 1. The van der Waals surface area contributed by atoms with E-state index in [0.29, 0.717) is 34.6 Å². The lowest BCUT2D eigenvalue weighted by Crippen LogP contribution is -2.33. The molecule has 7 heteroatoms. The topological polar surface area (TPSA) is 73.2 Å². The van der Waals surface area contributed by atoms with Crippen molar-refractivity contribution in [1.82, 2.24) is 9.55 Å². The molecule has 0 radical (unpaired) electrons. The molecule has 0 fully saturated rings. The molecule has 1 aromatic carbocycles. The summed E-state index contributed by atoms with van der Waals surface area (Å²) >= 11 is 1.41. The molecule has 0 aliphatic carbocycles. The van der Waals surface area contributed by atoms with Crippen LogP contribution in [-0.4, -0.2) is 27.8 Å². The van der Waals surface area contributed by atoms with Crippen molar-refractivity contribution < 1.29 is 9.53 Å². The molecule has 0 spiro atoms. The number of amides is 1.